The average molecular weight is 500 g/mol. The number of ketones is 1. The molecule has 7 nitrogen and oxygen atoms in total. The lowest BCUT2D eigenvalue weighted by molar-refractivity contribution is -0.132. The van der Waals surface area contributed by atoms with Crippen molar-refractivity contribution in [2.75, 3.05) is 18.1 Å². The molecular formula is C25H16ClF2NO6. The van der Waals surface area contributed by atoms with E-state index in [0.717, 1.165) is 23.1 Å². The number of rotatable bonds is 3. The van der Waals surface area contributed by atoms with Crippen LogP contribution in [-0.4, -0.2) is 35.1 Å². The Hall–Kier alpha value is -4.11. The number of aliphatic hydroxyl groups is 1. The minimum absolute atomic E-state index is 0.0716. The minimum atomic E-state index is -1.26. The van der Waals surface area contributed by atoms with Gasteiger partial charge in [-0.3, -0.25) is 14.5 Å². The molecule has 3 aromatic carbocycles. The van der Waals surface area contributed by atoms with E-state index >= 15 is 0 Å². The Morgan fingerprint density at radius 3 is 2.40 bits per heavy atom. The van der Waals surface area contributed by atoms with Crippen molar-refractivity contribution in [2.45, 2.75) is 6.04 Å². The molecule has 1 fully saturated rings. The Kier molecular flexibility index (Phi) is 5.56. The maximum absolute atomic E-state index is 14.0. The lowest BCUT2D eigenvalue weighted by Crippen LogP contribution is -2.29. The normalized spacial score (nSPS) is 18.7. The fraction of sp³-hybridized carbons (Fsp3) is 0.120. The Bertz CT molecular complexity index is 1420. The van der Waals surface area contributed by atoms with E-state index in [-0.39, 0.29) is 33.2 Å². The standard InChI is InChI=1S/C25H16ClF2NO6/c26-15-9-12(1-5-18(15)30)22-21(23(31)13-2-6-19-20(10-13)35-8-7-34-19)24(32)25(33)29(22)14-3-4-16(27)17(28)11-14/h1-6,9-11,22,30-31H,7-8H2/b23-21-. The third-order valence-corrected chi connectivity index (χ3v) is 6.03. The van der Waals surface area contributed by atoms with E-state index < -0.39 is 35.1 Å². The Morgan fingerprint density at radius 1 is 0.943 bits per heavy atom. The van der Waals surface area contributed by atoms with Crippen LogP contribution in [0.25, 0.3) is 5.76 Å². The molecule has 35 heavy (non-hydrogen) atoms. The third-order valence-electron chi connectivity index (χ3n) is 5.73. The van der Waals surface area contributed by atoms with Gasteiger partial charge in [-0.1, -0.05) is 17.7 Å². The first-order valence-electron chi connectivity index (χ1n) is 10.4. The number of nitrogens with zero attached hydrogens (tertiary/aromatic N) is 1. The SMILES string of the molecule is O=C1C(=O)N(c2ccc(F)c(F)c2)C(c2ccc(O)c(Cl)c2)/C1=C(/O)c1ccc2c(c1)OCCO2. The number of Topliss-reactive ketones (excluding diaryl/α,β-unsaturated/α-hetero) is 1. The number of ether oxygens (including phenoxy) is 2. The van der Waals surface area contributed by atoms with E-state index in [9.17, 15) is 28.6 Å². The van der Waals surface area contributed by atoms with Gasteiger partial charge in [-0.25, -0.2) is 8.78 Å². The first kappa shape index (κ1) is 22.7. The summed E-state index contributed by atoms with van der Waals surface area (Å²) in [6, 6.07) is 9.98. The van der Waals surface area contributed by atoms with Crippen LogP contribution >= 0.6 is 11.6 Å². The highest BCUT2D eigenvalue weighted by Gasteiger charge is 2.47. The lowest BCUT2D eigenvalue weighted by Gasteiger charge is -2.26. The van der Waals surface area contributed by atoms with Crippen molar-refractivity contribution in [1.29, 1.82) is 0 Å². The second kappa shape index (κ2) is 8.59. The molecule has 3 aromatic rings. The number of aliphatic hydroxyl groups excluding tert-OH is 1. The lowest BCUT2D eigenvalue weighted by atomic mass is 9.95. The van der Waals surface area contributed by atoms with Crippen LogP contribution in [0.2, 0.25) is 5.02 Å². The van der Waals surface area contributed by atoms with Crippen molar-refractivity contribution in [3.8, 4) is 17.2 Å². The molecule has 0 aliphatic carbocycles. The Balaban J connectivity index is 1.72. The summed E-state index contributed by atoms with van der Waals surface area (Å²) in [5.41, 5.74) is 0.00262. The zero-order chi connectivity index (χ0) is 24.9. The molecule has 2 aliphatic rings. The topological polar surface area (TPSA) is 96.3 Å². The molecule has 10 heteroatoms. The molecule has 1 atom stereocenters. The second-order valence-corrected chi connectivity index (χ2v) is 8.24. The molecule has 1 amide bonds. The number of carbonyl (C=O) groups is 2. The van der Waals surface area contributed by atoms with Gasteiger partial charge in [-0.15, -0.1) is 0 Å². The van der Waals surface area contributed by atoms with Crippen LogP contribution in [0, 0.1) is 11.6 Å². The quantitative estimate of drug-likeness (QED) is 0.307. The Morgan fingerprint density at radius 2 is 1.69 bits per heavy atom. The van der Waals surface area contributed by atoms with E-state index in [4.69, 9.17) is 21.1 Å². The van der Waals surface area contributed by atoms with E-state index in [1.807, 2.05) is 0 Å². The smallest absolute Gasteiger partial charge is 0.300 e. The molecule has 5 rings (SSSR count). The number of aromatic hydroxyl groups is 1. The second-order valence-electron chi connectivity index (χ2n) is 7.84. The van der Waals surface area contributed by atoms with Gasteiger partial charge in [0.1, 0.15) is 24.7 Å². The van der Waals surface area contributed by atoms with Gasteiger partial charge in [-0.05, 0) is 48.0 Å². The first-order chi connectivity index (χ1) is 16.8. The molecule has 0 spiro atoms. The number of carbonyl (C=O) groups excluding carboxylic acids is 2. The molecule has 0 radical (unpaired) electrons. The monoisotopic (exact) mass is 499 g/mol. The largest absolute Gasteiger partial charge is 0.507 e. The minimum Gasteiger partial charge on any atom is -0.507 e. The van der Waals surface area contributed by atoms with Gasteiger partial charge in [0, 0.05) is 17.3 Å². The number of amides is 1. The molecule has 178 valence electrons. The van der Waals surface area contributed by atoms with Gasteiger partial charge in [0.05, 0.1) is 16.6 Å². The van der Waals surface area contributed by atoms with Crippen LogP contribution in [0.1, 0.15) is 17.2 Å². The van der Waals surface area contributed by atoms with Crippen molar-refractivity contribution in [1.82, 2.24) is 0 Å². The van der Waals surface area contributed by atoms with Crippen LogP contribution in [0.15, 0.2) is 60.2 Å². The first-order valence-corrected chi connectivity index (χ1v) is 10.8. The van der Waals surface area contributed by atoms with Gasteiger partial charge in [-0.2, -0.15) is 0 Å². The van der Waals surface area contributed by atoms with E-state index in [0.29, 0.717) is 24.7 Å². The number of benzene rings is 3. The average Bonchev–Trinajstić information content (AvgIpc) is 3.12. The summed E-state index contributed by atoms with van der Waals surface area (Å²) in [4.78, 5) is 27.2. The number of hydrogen-bond acceptors (Lipinski definition) is 6. The fourth-order valence-corrected chi connectivity index (χ4v) is 4.28. The van der Waals surface area contributed by atoms with Gasteiger partial charge in [0.15, 0.2) is 23.1 Å². The zero-order valence-electron chi connectivity index (χ0n) is 17.8. The van der Waals surface area contributed by atoms with Crippen LogP contribution in [0.3, 0.4) is 0 Å². The number of phenols is 1. The van der Waals surface area contributed by atoms with Crippen molar-refractivity contribution >= 4 is 34.7 Å². The number of hydrogen-bond donors (Lipinski definition) is 2. The highest BCUT2D eigenvalue weighted by molar-refractivity contribution is 6.51. The molecule has 1 unspecified atom stereocenters. The van der Waals surface area contributed by atoms with E-state index in [2.05, 4.69) is 0 Å². The van der Waals surface area contributed by atoms with Crippen molar-refractivity contribution in [2.24, 2.45) is 0 Å². The summed E-state index contributed by atoms with van der Waals surface area (Å²) < 4.78 is 38.6. The van der Waals surface area contributed by atoms with Crippen molar-refractivity contribution < 1.29 is 38.1 Å². The predicted molar refractivity (Wildman–Crippen MR) is 122 cm³/mol. The van der Waals surface area contributed by atoms with Gasteiger partial charge >= 0.3 is 0 Å². The summed E-state index contributed by atoms with van der Waals surface area (Å²) >= 11 is 6.07. The van der Waals surface area contributed by atoms with Gasteiger partial charge in [0.2, 0.25) is 0 Å². The molecule has 2 N–H and O–H groups in total. The summed E-state index contributed by atoms with van der Waals surface area (Å²) in [5, 5.41) is 21.0. The molecule has 0 bridgehead atoms. The van der Waals surface area contributed by atoms with Crippen molar-refractivity contribution in [3.05, 3.63) is 88.0 Å². The third kappa shape index (κ3) is 3.83. The van der Waals surface area contributed by atoms with Crippen LogP contribution < -0.4 is 14.4 Å². The van der Waals surface area contributed by atoms with Gasteiger partial charge in [0.25, 0.3) is 11.7 Å². The number of fused-ring (bicyclic) bond motifs is 1. The maximum Gasteiger partial charge on any atom is 0.300 e. The molecule has 2 heterocycles. The van der Waals surface area contributed by atoms with Crippen LogP contribution in [0.5, 0.6) is 17.2 Å². The van der Waals surface area contributed by atoms with E-state index in [1.165, 1.54) is 30.3 Å². The van der Waals surface area contributed by atoms with Crippen molar-refractivity contribution in [3.63, 3.8) is 0 Å². The highest BCUT2D eigenvalue weighted by atomic mass is 35.5. The van der Waals surface area contributed by atoms with E-state index in [1.54, 1.807) is 6.07 Å². The summed E-state index contributed by atoms with van der Waals surface area (Å²) in [7, 11) is 0. The predicted octanol–water partition coefficient (Wildman–Crippen LogP) is 4.72. The molecule has 0 aromatic heterocycles. The molecular weight excluding hydrogens is 484 g/mol. The molecule has 1 saturated heterocycles. The highest BCUT2D eigenvalue weighted by Crippen LogP contribution is 2.44. The van der Waals surface area contributed by atoms with Crippen LogP contribution in [0.4, 0.5) is 14.5 Å². The summed E-state index contributed by atoms with van der Waals surface area (Å²) in [5.74, 6) is -4.42. The van der Waals surface area contributed by atoms with Crippen LogP contribution in [-0.2, 0) is 9.59 Å². The summed E-state index contributed by atoms with van der Waals surface area (Å²) in [6.07, 6.45) is 0. The maximum atomic E-state index is 14.0. The Labute approximate surface area is 202 Å². The molecule has 0 saturated carbocycles. The molecule has 2 aliphatic heterocycles. The zero-order valence-corrected chi connectivity index (χ0v) is 18.6. The number of halogens is 3. The summed E-state index contributed by atoms with van der Waals surface area (Å²) in [6.45, 7) is 0.656. The number of phenolic OH excluding ortho intramolecular Hbond substituents is 1. The number of anilines is 1. The fourth-order valence-electron chi connectivity index (χ4n) is 4.09. The van der Waals surface area contributed by atoms with Gasteiger partial charge < -0.3 is 19.7 Å².